The standard InChI is InChI=1S/C18H16Cl2N2O2/c1-13(9-14-5-3-2-4-6-14)11-21-22-18(23)12-24-17-8-7-15(19)10-16(17)20/h2-11H,12H2,1H3,(H,22,23)/b13-9+,21-11-. The number of carbonyl (C=O) groups is 1. The fourth-order valence-corrected chi connectivity index (χ4v) is 2.29. The summed E-state index contributed by atoms with van der Waals surface area (Å²) < 4.78 is 5.32. The van der Waals surface area contributed by atoms with Gasteiger partial charge in [0, 0.05) is 5.02 Å². The molecule has 4 nitrogen and oxygen atoms in total. The number of nitrogens with zero attached hydrogens (tertiary/aromatic N) is 1. The molecule has 1 amide bonds. The Hall–Kier alpha value is -2.30. The van der Waals surface area contributed by atoms with Gasteiger partial charge in [-0.1, -0.05) is 59.6 Å². The number of hydrogen-bond acceptors (Lipinski definition) is 3. The maximum absolute atomic E-state index is 11.7. The predicted octanol–water partition coefficient (Wildman–Crippen LogP) is 4.58. The molecule has 124 valence electrons. The first kappa shape index (κ1) is 18.0. The van der Waals surface area contributed by atoms with Crippen molar-refractivity contribution in [2.24, 2.45) is 5.10 Å². The highest BCUT2D eigenvalue weighted by molar-refractivity contribution is 6.35. The Kier molecular flexibility index (Phi) is 6.85. The van der Waals surface area contributed by atoms with Gasteiger partial charge in [0.15, 0.2) is 6.61 Å². The molecule has 0 atom stereocenters. The Labute approximate surface area is 150 Å². The zero-order valence-electron chi connectivity index (χ0n) is 13.0. The van der Waals surface area contributed by atoms with Gasteiger partial charge in [-0.3, -0.25) is 4.79 Å². The van der Waals surface area contributed by atoms with E-state index in [0.29, 0.717) is 15.8 Å². The number of ether oxygens (including phenoxy) is 1. The summed E-state index contributed by atoms with van der Waals surface area (Å²) in [4.78, 5) is 11.7. The van der Waals surface area contributed by atoms with E-state index in [1.165, 1.54) is 0 Å². The quantitative estimate of drug-likeness (QED) is 0.603. The van der Waals surface area contributed by atoms with Gasteiger partial charge in [0.1, 0.15) is 5.75 Å². The van der Waals surface area contributed by atoms with E-state index in [1.807, 2.05) is 43.3 Å². The smallest absolute Gasteiger partial charge is 0.277 e. The van der Waals surface area contributed by atoms with Crippen LogP contribution < -0.4 is 10.2 Å². The third-order valence-corrected chi connectivity index (χ3v) is 3.43. The summed E-state index contributed by atoms with van der Waals surface area (Å²) in [7, 11) is 0. The summed E-state index contributed by atoms with van der Waals surface area (Å²) in [5.41, 5.74) is 4.37. The summed E-state index contributed by atoms with van der Waals surface area (Å²) in [6, 6.07) is 14.6. The summed E-state index contributed by atoms with van der Waals surface area (Å²) in [6.45, 7) is 1.70. The van der Waals surface area contributed by atoms with E-state index >= 15 is 0 Å². The predicted molar refractivity (Wildman–Crippen MR) is 98.7 cm³/mol. The van der Waals surface area contributed by atoms with Crippen LogP contribution in [0.25, 0.3) is 6.08 Å². The number of hydrazone groups is 1. The average molecular weight is 363 g/mol. The van der Waals surface area contributed by atoms with Crippen molar-refractivity contribution in [2.45, 2.75) is 6.92 Å². The topological polar surface area (TPSA) is 50.7 Å². The zero-order chi connectivity index (χ0) is 17.4. The van der Waals surface area contributed by atoms with E-state index in [2.05, 4.69) is 10.5 Å². The fourth-order valence-electron chi connectivity index (χ4n) is 1.82. The van der Waals surface area contributed by atoms with Gasteiger partial charge in [-0.2, -0.15) is 5.10 Å². The minimum Gasteiger partial charge on any atom is -0.482 e. The molecule has 0 aliphatic heterocycles. The van der Waals surface area contributed by atoms with Crippen molar-refractivity contribution in [1.29, 1.82) is 0 Å². The van der Waals surface area contributed by atoms with Gasteiger partial charge in [-0.25, -0.2) is 5.43 Å². The van der Waals surface area contributed by atoms with Crippen molar-refractivity contribution < 1.29 is 9.53 Å². The first-order valence-electron chi connectivity index (χ1n) is 7.17. The molecule has 0 heterocycles. The SMILES string of the molecule is CC(/C=N\NC(=O)COc1ccc(Cl)cc1Cl)=C\c1ccccc1. The van der Waals surface area contributed by atoms with E-state index < -0.39 is 0 Å². The zero-order valence-corrected chi connectivity index (χ0v) is 14.5. The molecule has 0 unspecified atom stereocenters. The van der Waals surface area contributed by atoms with Gasteiger partial charge >= 0.3 is 0 Å². The first-order chi connectivity index (χ1) is 11.5. The van der Waals surface area contributed by atoms with Crippen LogP contribution >= 0.6 is 23.2 Å². The van der Waals surface area contributed by atoms with Gasteiger partial charge in [0.2, 0.25) is 0 Å². The molecule has 0 fully saturated rings. The molecular formula is C18H16Cl2N2O2. The molecule has 0 aliphatic rings. The fraction of sp³-hybridized carbons (Fsp3) is 0.111. The number of hydrogen-bond donors (Lipinski definition) is 1. The average Bonchev–Trinajstić information content (AvgIpc) is 2.55. The van der Waals surface area contributed by atoms with E-state index in [9.17, 15) is 4.79 Å². The molecule has 0 aromatic heterocycles. The van der Waals surface area contributed by atoms with Crippen molar-refractivity contribution in [2.75, 3.05) is 6.61 Å². The Morgan fingerprint density at radius 2 is 1.96 bits per heavy atom. The Morgan fingerprint density at radius 3 is 2.67 bits per heavy atom. The summed E-state index contributed by atoms with van der Waals surface area (Å²) in [5, 5.41) is 4.74. The molecule has 2 rings (SSSR count). The Balaban J connectivity index is 1.81. The minimum absolute atomic E-state index is 0.194. The molecule has 0 saturated heterocycles. The molecule has 2 aromatic carbocycles. The highest BCUT2D eigenvalue weighted by Crippen LogP contribution is 2.27. The lowest BCUT2D eigenvalue weighted by Gasteiger charge is -2.06. The molecule has 2 aromatic rings. The van der Waals surface area contributed by atoms with Gasteiger partial charge < -0.3 is 4.74 Å². The normalized spacial score (nSPS) is 11.5. The van der Waals surface area contributed by atoms with Crippen LogP contribution in [0.1, 0.15) is 12.5 Å². The van der Waals surface area contributed by atoms with Crippen LogP contribution in [0.5, 0.6) is 5.75 Å². The Morgan fingerprint density at radius 1 is 1.21 bits per heavy atom. The number of amides is 1. The molecule has 1 N–H and O–H groups in total. The van der Waals surface area contributed by atoms with E-state index in [-0.39, 0.29) is 12.5 Å². The van der Waals surface area contributed by atoms with Crippen LogP contribution in [0.2, 0.25) is 10.0 Å². The molecule has 0 spiro atoms. The second kappa shape index (κ2) is 9.11. The molecule has 0 radical (unpaired) electrons. The van der Waals surface area contributed by atoms with Gasteiger partial charge in [0.25, 0.3) is 5.91 Å². The lowest BCUT2D eigenvalue weighted by Crippen LogP contribution is -2.24. The van der Waals surface area contributed by atoms with Crippen molar-refractivity contribution >= 4 is 41.4 Å². The largest absolute Gasteiger partial charge is 0.482 e. The van der Waals surface area contributed by atoms with Crippen LogP contribution in [0.4, 0.5) is 0 Å². The number of allylic oxidation sites excluding steroid dienone is 1. The van der Waals surface area contributed by atoms with E-state index in [4.69, 9.17) is 27.9 Å². The lowest BCUT2D eigenvalue weighted by molar-refractivity contribution is -0.123. The lowest BCUT2D eigenvalue weighted by atomic mass is 10.1. The van der Waals surface area contributed by atoms with Crippen LogP contribution in [-0.4, -0.2) is 18.7 Å². The molecule has 6 heteroatoms. The summed E-state index contributed by atoms with van der Waals surface area (Å²) >= 11 is 11.7. The Bertz CT molecular complexity index is 759. The van der Waals surface area contributed by atoms with Gasteiger partial charge in [0.05, 0.1) is 11.2 Å². The second-order valence-corrected chi connectivity index (χ2v) is 5.80. The third-order valence-electron chi connectivity index (χ3n) is 2.90. The second-order valence-electron chi connectivity index (χ2n) is 4.96. The summed E-state index contributed by atoms with van der Waals surface area (Å²) in [6.07, 6.45) is 3.53. The number of halogens is 2. The molecule has 0 aliphatic carbocycles. The highest BCUT2D eigenvalue weighted by Gasteiger charge is 2.05. The molecule has 0 bridgehead atoms. The van der Waals surface area contributed by atoms with Crippen LogP contribution in [-0.2, 0) is 4.79 Å². The van der Waals surface area contributed by atoms with Gasteiger partial charge in [-0.15, -0.1) is 0 Å². The van der Waals surface area contributed by atoms with Crippen molar-refractivity contribution in [3.63, 3.8) is 0 Å². The summed E-state index contributed by atoms with van der Waals surface area (Å²) in [5.74, 6) is 0.00475. The number of benzene rings is 2. The molecular weight excluding hydrogens is 347 g/mol. The van der Waals surface area contributed by atoms with Gasteiger partial charge in [-0.05, 0) is 36.3 Å². The first-order valence-corrected chi connectivity index (χ1v) is 7.93. The van der Waals surface area contributed by atoms with E-state index in [1.54, 1.807) is 24.4 Å². The van der Waals surface area contributed by atoms with Crippen LogP contribution in [0.15, 0.2) is 59.2 Å². The van der Waals surface area contributed by atoms with E-state index in [0.717, 1.165) is 11.1 Å². The van der Waals surface area contributed by atoms with Crippen LogP contribution in [0, 0.1) is 0 Å². The maximum Gasteiger partial charge on any atom is 0.277 e. The maximum atomic E-state index is 11.7. The monoisotopic (exact) mass is 362 g/mol. The van der Waals surface area contributed by atoms with Crippen molar-refractivity contribution in [1.82, 2.24) is 5.43 Å². The number of nitrogens with one attached hydrogen (secondary N) is 1. The number of carbonyl (C=O) groups excluding carboxylic acids is 1. The van der Waals surface area contributed by atoms with Crippen LogP contribution in [0.3, 0.4) is 0 Å². The van der Waals surface area contributed by atoms with Crippen molar-refractivity contribution in [3.05, 3.63) is 69.7 Å². The third kappa shape index (κ3) is 6.07. The van der Waals surface area contributed by atoms with Crippen molar-refractivity contribution in [3.8, 4) is 5.75 Å². The minimum atomic E-state index is -0.384. The molecule has 0 saturated carbocycles. The number of rotatable bonds is 6. The molecule has 24 heavy (non-hydrogen) atoms. The highest BCUT2D eigenvalue weighted by atomic mass is 35.5.